The Balaban J connectivity index is 2.17. The molecule has 1 aromatic rings. The van der Waals surface area contributed by atoms with Crippen LogP contribution in [0.1, 0.15) is 48.7 Å². The molecule has 1 aromatic heterocycles. The number of esters is 1. The van der Waals surface area contributed by atoms with Crippen molar-refractivity contribution in [3.8, 4) is 0 Å². The third kappa shape index (κ3) is 3.18. The Morgan fingerprint density at radius 2 is 2.20 bits per heavy atom. The molecular weight excluding hydrogens is 258 g/mol. The van der Waals surface area contributed by atoms with Gasteiger partial charge < -0.3 is 9.64 Å². The number of ether oxygens (including phenoxy) is 1. The van der Waals surface area contributed by atoms with Gasteiger partial charge in [0, 0.05) is 20.0 Å². The number of aromatic nitrogens is 2. The first kappa shape index (κ1) is 14.6. The smallest absolute Gasteiger partial charge is 0.341 e. The van der Waals surface area contributed by atoms with Gasteiger partial charge in [-0.2, -0.15) is 5.10 Å². The number of hydrogen-bond donors (Lipinski definition) is 0. The molecule has 2 heterocycles. The lowest BCUT2D eigenvalue weighted by atomic mass is 10.2. The molecule has 6 heteroatoms. The van der Waals surface area contributed by atoms with E-state index in [2.05, 4.69) is 5.10 Å². The van der Waals surface area contributed by atoms with Gasteiger partial charge in [0.2, 0.25) is 5.91 Å². The summed E-state index contributed by atoms with van der Waals surface area (Å²) in [5, 5.41) is 4.11. The van der Waals surface area contributed by atoms with Gasteiger partial charge in [0.25, 0.3) is 0 Å². The molecule has 0 aromatic carbocycles. The van der Waals surface area contributed by atoms with E-state index in [9.17, 15) is 9.59 Å². The van der Waals surface area contributed by atoms with E-state index in [1.54, 1.807) is 18.7 Å². The van der Waals surface area contributed by atoms with Gasteiger partial charge in [-0.25, -0.2) is 4.79 Å². The van der Waals surface area contributed by atoms with Crippen molar-refractivity contribution in [3.05, 3.63) is 17.5 Å². The van der Waals surface area contributed by atoms with E-state index in [0.717, 1.165) is 31.5 Å². The Morgan fingerprint density at radius 1 is 1.40 bits per heavy atom. The van der Waals surface area contributed by atoms with E-state index in [4.69, 9.17) is 4.74 Å². The number of amides is 1. The van der Waals surface area contributed by atoms with E-state index in [1.807, 2.05) is 4.90 Å². The van der Waals surface area contributed by atoms with Crippen LogP contribution in [-0.2, 0) is 23.1 Å². The van der Waals surface area contributed by atoms with E-state index >= 15 is 0 Å². The van der Waals surface area contributed by atoms with Gasteiger partial charge in [0.15, 0.2) is 0 Å². The highest BCUT2D eigenvalue weighted by molar-refractivity contribution is 5.90. The summed E-state index contributed by atoms with van der Waals surface area (Å²) in [7, 11) is 1.78. The predicted molar refractivity (Wildman–Crippen MR) is 73.0 cm³/mol. The van der Waals surface area contributed by atoms with Crippen LogP contribution in [-0.4, -0.2) is 39.7 Å². The Kier molecular flexibility index (Phi) is 4.76. The van der Waals surface area contributed by atoms with Crippen LogP contribution in [0.3, 0.4) is 0 Å². The van der Waals surface area contributed by atoms with Crippen molar-refractivity contribution in [1.82, 2.24) is 14.7 Å². The zero-order chi connectivity index (χ0) is 14.5. The number of nitrogens with zero attached hydrogens (tertiary/aromatic N) is 3. The maximum absolute atomic E-state index is 12.0. The van der Waals surface area contributed by atoms with E-state index in [1.165, 1.54) is 6.20 Å². The molecule has 0 unspecified atom stereocenters. The molecule has 110 valence electrons. The third-order valence-corrected chi connectivity index (χ3v) is 3.57. The number of likely N-dealkylation sites (tertiary alicyclic amines) is 1. The summed E-state index contributed by atoms with van der Waals surface area (Å²) >= 11 is 0. The van der Waals surface area contributed by atoms with Gasteiger partial charge in [0.05, 0.1) is 25.0 Å². The highest BCUT2D eigenvalue weighted by Gasteiger charge is 2.23. The van der Waals surface area contributed by atoms with Gasteiger partial charge >= 0.3 is 5.97 Å². The Hall–Kier alpha value is -1.85. The summed E-state index contributed by atoms with van der Waals surface area (Å²) < 4.78 is 6.67. The van der Waals surface area contributed by atoms with Crippen molar-refractivity contribution in [1.29, 1.82) is 0 Å². The number of carbonyl (C=O) groups excluding carboxylic acids is 2. The van der Waals surface area contributed by atoms with E-state index in [0.29, 0.717) is 25.1 Å². The number of rotatable bonds is 4. The molecule has 0 saturated carbocycles. The van der Waals surface area contributed by atoms with Crippen molar-refractivity contribution in [2.45, 2.75) is 39.2 Å². The molecule has 0 N–H and O–H groups in total. The minimum absolute atomic E-state index is 0.151. The number of aryl methyl sites for hydroxylation is 1. The van der Waals surface area contributed by atoms with Gasteiger partial charge in [-0.1, -0.05) is 6.42 Å². The minimum atomic E-state index is -0.377. The first-order valence-electron chi connectivity index (χ1n) is 7.09. The summed E-state index contributed by atoms with van der Waals surface area (Å²) in [4.78, 5) is 25.7. The zero-order valence-corrected chi connectivity index (χ0v) is 12.1. The number of hydrogen-bond acceptors (Lipinski definition) is 4. The largest absolute Gasteiger partial charge is 0.462 e. The monoisotopic (exact) mass is 279 g/mol. The maximum atomic E-state index is 12.0. The highest BCUT2D eigenvalue weighted by Crippen LogP contribution is 2.17. The molecular formula is C14H21N3O3. The predicted octanol–water partition coefficient (Wildman–Crippen LogP) is 1.50. The minimum Gasteiger partial charge on any atom is -0.462 e. The van der Waals surface area contributed by atoms with Crippen LogP contribution in [0.2, 0.25) is 0 Å². The van der Waals surface area contributed by atoms with Crippen molar-refractivity contribution in [2.75, 3.05) is 13.2 Å². The van der Waals surface area contributed by atoms with Crippen molar-refractivity contribution >= 4 is 11.9 Å². The Labute approximate surface area is 118 Å². The standard InChI is InChI=1S/C14H21N3O3/c1-3-20-14(19)11-9-15-16(2)12(11)10-17-8-6-4-5-7-13(17)18/h9H,3-8,10H2,1-2H3. The van der Waals surface area contributed by atoms with Crippen LogP contribution in [0, 0.1) is 0 Å². The molecule has 0 radical (unpaired) electrons. The lowest BCUT2D eigenvalue weighted by Gasteiger charge is -2.21. The molecule has 1 aliphatic heterocycles. The normalized spacial score (nSPS) is 16.1. The molecule has 6 nitrogen and oxygen atoms in total. The molecule has 1 fully saturated rings. The lowest BCUT2D eigenvalue weighted by Crippen LogP contribution is -2.31. The van der Waals surface area contributed by atoms with E-state index in [-0.39, 0.29) is 11.9 Å². The van der Waals surface area contributed by atoms with Gasteiger partial charge in [-0.05, 0) is 19.8 Å². The second kappa shape index (κ2) is 6.54. The first-order chi connectivity index (χ1) is 9.63. The molecule has 0 atom stereocenters. The fraction of sp³-hybridized carbons (Fsp3) is 0.643. The second-order valence-corrected chi connectivity index (χ2v) is 4.97. The summed E-state index contributed by atoms with van der Waals surface area (Å²) in [5.74, 6) is -0.226. The second-order valence-electron chi connectivity index (χ2n) is 4.97. The number of carbonyl (C=O) groups is 2. The highest BCUT2D eigenvalue weighted by atomic mass is 16.5. The summed E-state index contributed by atoms with van der Waals surface area (Å²) in [5.41, 5.74) is 1.19. The van der Waals surface area contributed by atoms with Gasteiger partial charge in [-0.15, -0.1) is 0 Å². The quantitative estimate of drug-likeness (QED) is 0.783. The molecule has 1 aliphatic rings. The topological polar surface area (TPSA) is 64.4 Å². The fourth-order valence-corrected chi connectivity index (χ4v) is 2.42. The van der Waals surface area contributed by atoms with E-state index < -0.39 is 0 Å². The van der Waals surface area contributed by atoms with Crippen molar-refractivity contribution in [2.24, 2.45) is 7.05 Å². The van der Waals surface area contributed by atoms with Crippen LogP contribution in [0.4, 0.5) is 0 Å². The summed E-state index contributed by atoms with van der Waals surface area (Å²) in [6.45, 7) is 3.26. The van der Waals surface area contributed by atoms with Crippen molar-refractivity contribution < 1.29 is 14.3 Å². The van der Waals surface area contributed by atoms with Crippen molar-refractivity contribution in [3.63, 3.8) is 0 Å². The molecule has 0 spiro atoms. The average molecular weight is 279 g/mol. The van der Waals surface area contributed by atoms with Gasteiger partial charge in [-0.3, -0.25) is 9.48 Å². The van der Waals surface area contributed by atoms with Crippen LogP contribution in [0.15, 0.2) is 6.20 Å². The molecule has 1 amide bonds. The van der Waals surface area contributed by atoms with Gasteiger partial charge in [0.1, 0.15) is 5.56 Å². The Bertz CT molecular complexity index is 496. The van der Waals surface area contributed by atoms with Crippen LogP contribution in [0.5, 0.6) is 0 Å². The fourth-order valence-electron chi connectivity index (χ4n) is 2.42. The molecule has 2 rings (SSSR count). The summed E-state index contributed by atoms with van der Waals surface area (Å²) in [6.07, 6.45) is 5.14. The molecule has 0 bridgehead atoms. The molecule has 0 aliphatic carbocycles. The average Bonchev–Trinajstić information content (AvgIpc) is 2.65. The van der Waals surface area contributed by atoms with Crippen LogP contribution >= 0.6 is 0 Å². The molecule has 1 saturated heterocycles. The first-order valence-corrected chi connectivity index (χ1v) is 7.09. The SMILES string of the molecule is CCOC(=O)c1cnn(C)c1CN1CCCCCC1=O. The third-order valence-electron chi connectivity index (χ3n) is 3.57. The Morgan fingerprint density at radius 3 is 2.95 bits per heavy atom. The van der Waals surface area contributed by atoms with Crippen LogP contribution < -0.4 is 0 Å². The lowest BCUT2D eigenvalue weighted by molar-refractivity contribution is -0.131. The zero-order valence-electron chi connectivity index (χ0n) is 12.1. The maximum Gasteiger partial charge on any atom is 0.341 e. The summed E-state index contributed by atoms with van der Waals surface area (Å²) in [6, 6.07) is 0. The molecule has 20 heavy (non-hydrogen) atoms. The van der Waals surface area contributed by atoms with Crippen LogP contribution in [0.25, 0.3) is 0 Å².